The fraction of sp³-hybridized carbons (Fsp3) is 0.706. The van der Waals surface area contributed by atoms with E-state index >= 15 is 0 Å². The molecular weight excluding hydrogens is 310 g/mol. The van der Waals surface area contributed by atoms with Crippen LogP contribution in [-0.4, -0.2) is 39.5 Å². The van der Waals surface area contributed by atoms with Gasteiger partial charge in [0.2, 0.25) is 0 Å². The van der Waals surface area contributed by atoms with E-state index in [9.17, 15) is 14.4 Å². The number of carbonyl (C=O) groups excluding carboxylic acids is 1. The fourth-order valence-electron chi connectivity index (χ4n) is 3.63. The van der Waals surface area contributed by atoms with Gasteiger partial charge in [-0.25, -0.2) is 4.79 Å². The molecule has 1 atom stereocenters. The number of aromatic nitrogens is 2. The highest BCUT2D eigenvalue weighted by atomic mass is 16.5. The average Bonchev–Trinajstić information content (AvgIpc) is 2.59. The minimum Gasteiger partial charge on any atom is -0.365 e. The van der Waals surface area contributed by atoms with E-state index in [1.807, 2.05) is 6.92 Å². The normalized spacial score (nSPS) is 19.8. The van der Waals surface area contributed by atoms with Crippen molar-refractivity contribution in [2.24, 2.45) is 0 Å². The Bertz CT molecular complexity index is 703. The van der Waals surface area contributed by atoms with Crippen molar-refractivity contribution in [3.8, 4) is 0 Å². The Morgan fingerprint density at radius 1 is 1.25 bits per heavy atom. The van der Waals surface area contributed by atoms with E-state index in [-0.39, 0.29) is 24.1 Å². The summed E-state index contributed by atoms with van der Waals surface area (Å²) in [5.41, 5.74) is 0.223. The van der Waals surface area contributed by atoms with E-state index in [2.05, 4.69) is 9.97 Å². The van der Waals surface area contributed by atoms with Gasteiger partial charge in [-0.05, 0) is 25.7 Å². The maximum absolute atomic E-state index is 12.8. The molecule has 0 bridgehead atoms. The Balaban J connectivity index is 1.69. The molecule has 1 saturated carbocycles. The van der Waals surface area contributed by atoms with Crippen molar-refractivity contribution in [3.05, 3.63) is 32.1 Å². The van der Waals surface area contributed by atoms with Crippen LogP contribution in [0.4, 0.5) is 0 Å². The quantitative estimate of drug-likeness (QED) is 0.860. The first kappa shape index (κ1) is 17.0. The SMILES string of the molecule is CCC(OC1CCCCC1)C(=O)N1CCc2c([nH]c(=O)[nH]c2=O)C1. The van der Waals surface area contributed by atoms with Crippen LogP contribution in [0.1, 0.15) is 56.7 Å². The zero-order chi connectivity index (χ0) is 17.1. The first-order valence-corrected chi connectivity index (χ1v) is 8.87. The van der Waals surface area contributed by atoms with E-state index in [0.29, 0.717) is 30.6 Å². The molecule has 7 heteroatoms. The maximum atomic E-state index is 12.8. The van der Waals surface area contributed by atoms with Gasteiger partial charge in [-0.3, -0.25) is 14.6 Å². The molecule has 3 rings (SSSR count). The highest BCUT2D eigenvalue weighted by molar-refractivity contribution is 5.81. The van der Waals surface area contributed by atoms with E-state index in [0.717, 1.165) is 25.7 Å². The first-order valence-electron chi connectivity index (χ1n) is 8.87. The van der Waals surface area contributed by atoms with Gasteiger partial charge < -0.3 is 14.6 Å². The van der Waals surface area contributed by atoms with Crippen molar-refractivity contribution >= 4 is 5.91 Å². The van der Waals surface area contributed by atoms with Crippen LogP contribution in [0.5, 0.6) is 0 Å². The fourth-order valence-corrected chi connectivity index (χ4v) is 3.63. The predicted octanol–water partition coefficient (Wildman–Crippen LogP) is 1.08. The van der Waals surface area contributed by atoms with Crippen LogP contribution in [0.3, 0.4) is 0 Å². The summed E-state index contributed by atoms with van der Waals surface area (Å²) in [6.07, 6.45) is 6.43. The predicted molar refractivity (Wildman–Crippen MR) is 88.8 cm³/mol. The van der Waals surface area contributed by atoms with Crippen molar-refractivity contribution in [3.63, 3.8) is 0 Å². The number of carbonyl (C=O) groups is 1. The van der Waals surface area contributed by atoms with Gasteiger partial charge in [-0.1, -0.05) is 26.2 Å². The summed E-state index contributed by atoms with van der Waals surface area (Å²) < 4.78 is 6.06. The molecule has 1 aliphatic carbocycles. The van der Waals surface area contributed by atoms with Crippen LogP contribution in [0.15, 0.2) is 9.59 Å². The van der Waals surface area contributed by atoms with Crippen LogP contribution in [0.2, 0.25) is 0 Å². The topological polar surface area (TPSA) is 95.3 Å². The monoisotopic (exact) mass is 335 g/mol. The Morgan fingerprint density at radius 2 is 2.00 bits per heavy atom. The number of rotatable bonds is 4. The molecule has 2 N–H and O–H groups in total. The van der Waals surface area contributed by atoms with Gasteiger partial charge in [0.15, 0.2) is 0 Å². The van der Waals surface area contributed by atoms with E-state index in [1.54, 1.807) is 4.90 Å². The maximum Gasteiger partial charge on any atom is 0.325 e. The highest BCUT2D eigenvalue weighted by Gasteiger charge is 2.30. The molecule has 1 fully saturated rings. The number of hydrogen-bond donors (Lipinski definition) is 2. The minimum atomic E-state index is -0.529. The summed E-state index contributed by atoms with van der Waals surface area (Å²) in [5.74, 6) is -0.0464. The third-order valence-corrected chi connectivity index (χ3v) is 4.98. The lowest BCUT2D eigenvalue weighted by atomic mass is 9.97. The molecule has 132 valence electrons. The lowest BCUT2D eigenvalue weighted by Gasteiger charge is -2.33. The number of ether oxygens (including phenoxy) is 1. The summed E-state index contributed by atoms with van der Waals surface area (Å²) in [6.45, 7) is 2.69. The molecule has 1 unspecified atom stereocenters. The van der Waals surface area contributed by atoms with Crippen LogP contribution in [0.25, 0.3) is 0 Å². The lowest BCUT2D eigenvalue weighted by molar-refractivity contribution is -0.150. The van der Waals surface area contributed by atoms with Crippen molar-refractivity contribution in [1.29, 1.82) is 0 Å². The number of hydrogen-bond acceptors (Lipinski definition) is 4. The second-order valence-electron chi connectivity index (χ2n) is 6.67. The van der Waals surface area contributed by atoms with Crippen molar-refractivity contribution < 1.29 is 9.53 Å². The lowest BCUT2D eigenvalue weighted by Crippen LogP contribution is -2.46. The molecule has 2 heterocycles. The van der Waals surface area contributed by atoms with Crippen molar-refractivity contribution in [2.45, 2.75) is 70.6 Å². The summed E-state index contributed by atoms with van der Waals surface area (Å²) in [4.78, 5) is 42.6. The second kappa shape index (κ2) is 7.34. The number of H-pyrrole nitrogens is 2. The molecule has 1 aromatic heterocycles. The third-order valence-electron chi connectivity index (χ3n) is 4.98. The molecule has 1 aromatic rings. The number of amides is 1. The molecule has 1 amide bonds. The highest BCUT2D eigenvalue weighted by Crippen LogP contribution is 2.23. The second-order valence-corrected chi connectivity index (χ2v) is 6.67. The van der Waals surface area contributed by atoms with Crippen LogP contribution in [0, 0.1) is 0 Å². The smallest absolute Gasteiger partial charge is 0.325 e. The van der Waals surface area contributed by atoms with E-state index < -0.39 is 11.8 Å². The van der Waals surface area contributed by atoms with Crippen LogP contribution >= 0.6 is 0 Å². The first-order chi connectivity index (χ1) is 11.6. The number of nitrogens with one attached hydrogen (secondary N) is 2. The van der Waals surface area contributed by atoms with Gasteiger partial charge in [0.1, 0.15) is 6.10 Å². The van der Waals surface area contributed by atoms with Crippen LogP contribution in [-0.2, 0) is 22.5 Å². The zero-order valence-electron chi connectivity index (χ0n) is 14.1. The van der Waals surface area contributed by atoms with E-state index in [1.165, 1.54) is 6.42 Å². The summed E-state index contributed by atoms with van der Waals surface area (Å²) in [7, 11) is 0. The standard InChI is InChI=1S/C17H25N3O4/c1-2-14(24-11-6-4-3-5-7-11)16(22)20-9-8-12-13(10-20)18-17(23)19-15(12)21/h11,14H,2-10H2,1H3,(H2,18,19,21,23). The molecule has 0 radical (unpaired) electrons. The largest absolute Gasteiger partial charge is 0.365 e. The Labute approximate surface area is 140 Å². The molecular formula is C17H25N3O4. The Kier molecular flexibility index (Phi) is 5.18. The molecule has 24 heavy (non-hydrogen) atoms. The Hall–Kier alpha value is -1.89. The average molecular weight is 335 g/mol. The van der Waals surface area contributed by atoms with Crippen molar-refractivity contribution in [2.75, 3.05) is 6.54 Å². The van der Waals surface area contributed by atoms with E-state index in [4.69, 9.17) is 4.74 Å². The third kappa shape index (κ3) is 3.61. The summed E-state index contributed by atoms with van der Waals surface area (Å²) in [5, 5.41) is 0. The van der Waals surface area contributed by atoms with Gasteiger partial charge in [0.05, 0.1) is 12.6 Å². The molecule has 2 aliphatic rings. The van der Waals surface area contributed by atoms with Crippen molar-refractivity contribution in [1.82, 2.24) is 14.9 Å². The van der Waals surface area contributed by atoms with Gasteiger partial charge in [-0.15, -0.1) is 0 Å². The zero-order valence-corrected chi connectivity index (χ0v) is 14.1. The summed E-state index contributed by atoms with van der Waals surface area (Å²) >= 11 is 0. The van der Waals surface area contributed by atoms with Gasteiger partial charge >= 0.3 is 5.69 Å². The summed E-state index contributed by atoms with van der Waals surface area (Å²) in [6, 6.07) is 0. The number of fused-ring (bicyclic) bond motifs is 1. The Morgan fingerprint density at radius 3 is 2.71 bits per heavy atom. The van der Waals surface area contributed by atoms with Crippen LogP contribution < -0.4 is 11.2 Å². The molecule has 7 nitrogen and oxygen atoms in total. The minimum absolute atomic E-state index is 0.0464. The van der Waals surface area contributed by atoms with Gasteiger partial charge in [0.25, 0.3) is 11.5 Å². The van der Waals surface area contributed by atoms with Gasteiger partial charge in [0, 0.05) is 17.8 Å². The molecule has 0 saturated heterocycles. The number of aromatic amines is 2. The molecule has 0 spiro atoms. The molecule has 1 aliphatic heterocycles. The number of nitrogens with zero attached hydrogens (tertiary/aromatic N) is 1. The van der Waals surface area contributed by atoms with Gasteiger partial charge in [-0.2, -0.15) is 0 Å². The molecule has 0 aromatic carbocycles.